The molecule has 2 fully saturated rings. The first-order valence-corrected chi connectivity index (χ1v) is 10.7. The minimum atomic E-state index is -3.16. The number of piperidine rings is 1. The van der Waals surface area contributed by atoms with Gasteiger partial charge in [-0.05, 0) is 31.6 Å². The number of sulfonamides is 1. The highest BCUT2D eigenvalue weighted by molar-refractivity contribution is 7.88. The van der Waals surface area contributed by atoms with Gasteiger partial charge in [-0.15, -0.1) is 0 Å². The van der Waals surface area contributed by atoms with Gasteiger partial charge in [-0.2, -0.15) is 4.98 Å². The van der Waals surface area contributed by atoms with Crippen LogP contribution < -0.4 is 0 Å². The van der Waals surface area contributed by atoms with Gasteiger partial charge in [0.2, 0.25) is 15.9 Å². The molecule has 136 valence electrons. The first-order valence-electron chi connectivity index (χ1n) is 8.87. The molecule has 2 heterocycles. The Bertz CT molecular complexity index is 625. The summed E-state index contributed by atoms with van der Waals surface area (Å²) in [7, 11) is -3.16. The van der Waals surface area contributed by atoms with E-state index in [0.717, 1.165) is 25.4 Å². The summed E-state index contributed by atoms with van der Waals surface area (Å²) in [5, 5.41) is 4.01. The van der Waals surface area contributed by atoms with Crippen molar-refractivity contribution in [3.05, 3.63) is 11.7 Å². The lowest BCUT2D eigenvalue weighted by Gasteiger charge is -2.28. The maximum absolute atomic E-state index is 11.7. The van der Waals surface area contributed by atoms with Crippen LogP contribution in [0.15, 0.2) is 4.52 Å². The highest BCUT2D eigenvalue weighted by Gasteiger charge is 2.30. The molecule has 1 saturated carbocycles. The lowest BCUT2D eigenvalue weighted by molar-refractivity contribution is 0.102. The lowest BCUT2D eigenvalue weighted by Crippen LogP contribution is -2.38. The Morgan fingerprint density at radius 2 is 2.04 bits per heavy atom. The van der Waals surface area contributed by atoms with Gasteiger partial charge in [-0.3, -0.25) is 0 Å². The molecular weight excluding hydrogens is 330 g/mol. The summed E-state index contributed by atoms with van der Waals surface area (Å²) in [5.41, 5.74) is 0. The molecule has 0 bridgehead atoms. The van der Waals surface area contributed by atoms with E-state index in [9.17, 15) is 8.42 Å². The molecule has 0 spiro atoms. The molecule has 1 atom stereocenters. The second-order valence-corrected chi connectivity index (χ2v) is 8.97. The van der Waals surface area contributed by atoms with E-state index in [1.54, 1.807) is 0 Å². The van der Waals surface area contributed by atoms with Crippen molar-refractivity contribution in [2.45, 2.75) is 50.9 Å². The summed E-state index contributed by atoms with van der Waals surface area (Å²) >= 11 is 0. The maximum Gasteiger partial charge on any atom is 0.231 e. The summed E-state index contributed by atoms with van der Waals surface area (Å²) in [6.07, 6.45) is 8.80. The van der Waals surface area contributed by atoms with E-state index < -0.39 is 10.0 Å². The quantitative estimate of drug-likeness (QED) is 0.694. The van der Waals surface area contributed by atoms with Gasteiger partial charge >= 0.3 is 0 Å². The van der Waals surface area contributed by atoms with Gasteiger partial charge in [0.05, 0.1) is 18.8 Å². The molecule has 0 aromatic carbocycles. The van der Waals surface area contributed by atoms with Gasteiger partial charge in [-0.25, -0.2) is 12.7 Å². The highest BCUT2D eigenvalue weighted by atomic mass is 32.2. The van der Waals surface area contributed by atoms with Gasteiger partial charge in [0.1, 0.15) is 0 Å². The molecule has 0 radical (unpaired) electrons. The molecule has 7 nitrogen and oxygen atoms in total. The molecule has 1 saturated heterocycles. The van der Waals surface area contributed by atoms with Crippen molar-refractivity contribution in [3.8, 4) is 0 Å². The van der Waals surface area contributed by atoms with Crippen molar-refractivity contribution in [2.24, 2.45) is 5.92 Å². The molecule has 3 rings (SSSR count). The van der Waals surface area contributed by atoms with Gasteiger partial charge in [0, 0.05) is 26.1 Å². The molecule has 1 aliphatic heterocycles. The summed E-state index contributed by atoms with van der Waals surface area (Å²) in [5.74, 6) is 1.91. The van der Waals surface area contributed by atoms with Crippen LogP contribution in [0.1, 0.15) is 56.2 Å². The van der Waals surface area contributed by atoms with E-state index in [1.165, 1.54) is 36.2 Å². The standard InChI is InChI=1S/C16H27N3O4S/c1-24(20,21)19-9-4-7-14(11-19)16-17-15(18-23-16)8-10-22-12-13-5-2-3-6-13/h13-14H,2-12H2,1H3. The molecular formula is C16H27N3O4S. The Morgan fingerprint density at radius 1 is 1.25 bits per heavy atom. The zero-order valence-electron chi connectivity index (χ0n) is 14.3. The minimum Gasteiger partial charge on any atom is -0.381 e. The second kappa shape index (κ2) is 7.93. The smallest absolute Gasteiger partial charge is 0.231 e. The minimum absolute atomic E-state index is 0.00543. The third-order valence-corrected chi connectivity index (χ3v) is 6.25. The summed E-state index contributed by atoms with van der Waals surface area (Å²) < 4.78 is 36.0. The van der Waals surface area contributed by atoms with Crippen LogP contribution in [0.5, 0.6) is 0 Å². The number of rotatable bonds is 7. The van der Waals surface area contributed by atoms with E-state index in [4.69, 9.17) is 9.26 Å². The number of hydrogen-bond donors (Lipinski definition) is 0. The van der Waals surface area contributed by atoms with E-state index in [1.807, 2.05) is 0 Å². The zero-order chi connectivity index (χ0) is 17.0. The van der Waals surface area contributed by atoms with Crippen LogP contribution in [-0.2, 0) is 21.2 Å². The molecule has 0 amide bonds. The van der Waals surface area contributed by atoms with Gasteiger partial charge in [-0.1, -0.05) is 18.0 Å². The largest absolute Gasteiger partial charge is 0.381 e. The summed E-state index contributed by atoms with van der Waals surface area (Å²) in [4.78, 5) is 4.44. The first-order chi connectivity index (χ1) is 11.5. The maximum atomic E-state index is 11.7. The third kappa shape index (κ3) is 4.77. The van der Waals surface area contributed by atoms with Crippen LogP contribution in [0.4, 0.5) is 0 Å². The van der Waals surface area contributed by atoms with Gasteiger partial charge < -0.3 is 9.26 Å². The molecule has 1 aliphatic carbocycles. The van der Waals surface area contributed by atoms with Crippen LogP contribution in [0.2, 0.25) is 0 Å². The fourth-order valence-electron chi connectivity index (χ4n) is 3.57. The fourth-order valence-corrected chi connectivity index (χ4v) is 4.48. The van der Waals surface area contributed by atoms with Crippen molar-refractivity contribution in [1.82, 2.24) is 14.4 Å². The van der Waals surface area contributed by atoms with Crippen molar-refractivity contribution >= 4 is 10.0 Å². The fraction of sp³-hybridized carbons (Fsp3) is 0.875. The molecule has 2 aliphatic rings. The van der Waals surface area contributed by atoms with Crippen LogP contribution in [0.25, 0.3) is 0 Å². The Kier molecular flexibility index (Phi) is 5.89. The summed E-state index contributed by atoms with van der Waals surface area (Å²) in [6.45, 7) is 2.44. The number of hydrogen-bond acceptors (Lipinski definition) is 6. The van der Waals surface area contributed by atoms with Crippen molar-refractivity contribution in [2.75, 3.05) is 32.6 Å². The lowest BCUT2D eigenvalue weighted by atomic mass is 10.00. The van der Waals surface area contributed by atoms with Crippen molar-refractivity contribution in [3.63, 3.8) is 0 Å². The van der Waals surface area contributed by atoms with Crippen LogP contribution >= 0.6 is 0 Å². The third-order valence-electron chi connectivity index (χ3n) is 4.98. The number of ether oxygens (including phenoxy) is 1. The van der Waals surface area contributed by atoms with Crippen LogP contribution in [-0.4, -0.2) is 55.4 Å². The van der Waals surface area contributed by atoms with Crippen molar-refractivity contribution < 1.29 is 17.7 Å². The topological polar surface area (TPSA) is 85.5 Å². The Hall–Kier alpha value is -0.990. The van der Waals surface area contributed by atoms with E-state index in [2.05, 4.69) is 10.1 Å². The molecule has 1 aromatic heterocycles. The van der Waals surface area contributed by atoms with E-state index >= 15 is 0 Å². The average Bonchev–Trinajstić information content (AvgIpc) is 3.23. The molecule has 8 heteroatoms. The Morgan fingerprint density at radius 3 is 2.79 bits per heavy atom. The van der Waals surface area contributed by atoms with Crippen molar-refractivity contribution in [1.29, 1.82) is 0 Å². The SMILES string of the molecule is CS(=O)(=O)N1CCCC(c2nc(CCOCC3CCCC3)no2)C1. The second-order valence-electron chi connectivity index (χ2n) is 6.98. The number of aromatic nitrogens is 2. The zero-order valence-corrected chi connectivity index (χ0v) is 15.1. The van der Waals surface area contributed by atoms with E-state index in [-0.39, 0.29) is 5.92 Å². The van der Waals surface area contributed by atoms with Gasteiger partial charge in [0.25, 0.3) is 0 Å². The van der Waals surface area contributed by atoms with Crippen LogP contribution in [0, 0.1) is 5.92 Å². The molecule has 24 heavy (non-hydrogen) atoms. The molecule has 0 N–H and O–H groups in total. The normalized spacial score (nSPS) is 23.8. The summed E-state index contributed by atoms with van der Waals surface area (Å²) in [6, 6.07) is 0. The molecule has 1 unspecified atom stereocenters. The predicted octanol–water partition coefficient (Wildman–Crippen LogP) is 1.96. The monoisotopic (exact) mass is 357 g/mol. The van der Waals surface area contributed by atoms with E-state index in [0.29, 0.717) is 37.8 Å². The average molecular weight is 357 g/mol. The predicted molar refractivity (Wildman–Crippen MR) is 89.2 cm³/mol. The van der Waals surface area contributed by atoms with Gasteiger partial charge in [0.15, 0.2) is 5.82 Å². The Balaban J connectivity index is 1.46. The number of nitrogens with zero attached hydrogens (tertiary/aromatic N) is 3. The Labute approximate surface area is 143 Å². The highest BCUT2D eigenvalue weighted by Crippen LogP contribution is 2.27. The first kappa shape index (κ1) is 17.8. The molecule has 1 aromatic rings. The van der Waals surface area contributed by atoms with Crippen LogP contribution in [0.3, 0.4) is 0 Å².